The van der Waals surface area contributed by atoms with Gasteiger partial charge in [0, 0.05) is 17.3 Å². The fourth-order valence-corrected chi connectivity index (χ4v) is 9.34. The van der Waals surface area contributed by atoms with Crippen molar-refractivity contribution in [3.05, 3.63) is 60.2 Å². The molecule has 0 aliphatic carbocycles. The quantitative estimate of drug-likeness (QED) is 0.437. The maximum atomic E-state index is 14.8. The summed E-state index contributed by atoms with van der Waals surface area (Å²) in [4.78, 5) is 46.2. The molecule has 1 spiro atoms. The smallest absolute Gasteiger partial charge is 0.311 e. The van der Waals surface area contributed by atoms with Gasteiger partial charge in [-0.2, -0.15) is 0 Å². The third kappa shape index (κ3) is 4.73. The number of rotatable bonds is 5. The fourth-order valence-electron chi connectivity index (χ4n) is 7.35. The van der Waals surface area contributed by atoms with Crippen LogP contribution in [0.3, 0.4) is 0 Å². The van der Waals surface area contributed by atoms with Gasteiger partial charge in [0.15, 0.2) is 0 Å². The maximum absolute atomic E-state index is 14.8. The molecular weight excluding hydrogens is 512 g/mol. The number of likely N-dealkylation sites (tertiary alicyclic amines) is 1. The number of cyclic esters (lactones) is 1. The summed E-state index contributed by atoms with van der Waals surface area (Å²) in [5, 5.41) is 10.4. The molecule has 0 radical (unpaired) electrons. The molecule has 4 aliphatic rings. The average molecular weight is 553 g/mol. The van der Waals surface area contributed by atoms with Crippen LogP contribution in [0.15, 0.2) is 54.6 Å². The first-order valence-corrected chi connectivity index (χ1v) is 14.8. The van der Waals surface area contributed by atoms with E-state index in [1.54, 1.807) is 4.90 Å². The molecular formula is C31H40N2O5S. The summed E-state index contributed by atoms with van der Waals surface area (Å²) in [6, 6.07) is 7.77. The van der Waals surface area contributed by atoms with Crippen LogP contribution in [0.5, 0.6) is 0 Å². The number of hydrogen-bond acceptors (Lipinski definition) is 6. The summed E-state index contributed by atoms with van der Waals surface area (Å²) in [7, 11) is 0. The molecule has 2 amide bonds. The van der Waals surface area contributed by atoms with Crippen molar-refractivity contribution in [2.45, 2.75) is 75.1 Å². The summed E-state index contributed by atoms with van der Waals surface area (Å²) in [6.07, 6.45) is 9.44. The van der Waals surface area contributed by atoms with Crippen LogP contribution in [-0.2, 0) is 19.1 Å². The van der Waals surface area contributed by atoms with Gasteiger partial charge in [-0.15, -0.1) is 11.8 Å². The first-order chi connectivity index (χ1) is 18.4. The van der Waals surface area contributed by atoms with Gasteiger partial charge in [-0.25, -0.2) is 0 Å². The second kappa shape index (κ2) is 10.1. The zero-order chi connectivity index (χ0) is 28.2. The molecule has 4 heterocycles. The Morgan fingerprint density at radius 2 is 1.79 bits per heavy atom. The summed E-state index contributed by atoms with van der Waals surface area (Å²) < 4.78 is 4.63. The lowest BCUT2D eigenvalue weighted by Gasteiger charge is -2.45. The molecule has 6 atom stereocenters. The normalized spacial score (nSPS) is 31.7. The highest BCUT2D eigenvalue weighted by Gasteiger charge is 2.72. The number of thioether (sulfide) groups is 1. The number of fused-ring (bicyclic) bond motifs is 2. The molecule has 8 heteroatoms. The topological polar surface area (TPSA) is 87.2 Å². The SMILES string of the molecule is CC(C)(C)CC(C)(C)N1CC=C[C@]23S[C@H]4C=CCCOC(=O)[C@H]4[C@H]2C(=O)N([C@H](CO)c2ccccc2)C3C1=O. The van der Waals surface area contributed by atoms with Crippen molar-refractivity contribution in [3.8, 4) is 0 Å². The Morgan fingerprint density at radius 1 is 1.08 bits per heavy atom. The highest BCUT2D eigenvalue weighted by atomic mass is 32.2. The standard InChI is InChI=1S/C31H40N2O5S/c1-29(2,3)19-30(4,5)32-16-11-15-31-24(23-22(39-31)14-9-10-17-38-28(23)37)26(35)33(25(31)27(32)36)21(18-34)20-12-7-6-8-13-20/h6-9,11-15,21-25,34H,10,16-19H2,1-5H3/t21-,22+,23-,24+,25?,31+/m1/s1. The van der Waals surface area contributed by atoms with Crippen LogP contribution in [0.4, 0.5) is 0 Å². The van der Waals surface area contributed by atoms with Gasteiger partial charge in [-0.05, 0) is 37.7 Å². The van der Waals surface area contributed by atoms with E-state index in [0.29, 0.717) is 13.0 Å². The second-order valence-corrected chi connectivity index (χ2v) is 14.5. The molecule has 2 saturated heterocycles. The number of amides is 2. The molecule has 0 aromatic heterocycles. The van der Waals surface area contributed by atoms with Crippen molar-refractivity contribution in [1.82, 2.24) is 9.80 Å². The number of hydrogen-bond donors (Lipinski definition) is 1. The molecule has 210 valence electrons. The molecule has 0 saturated carbocycles. The van der Waals surface area contributed by atoms with Gasteiger partial charge in [0.25, 0.3) is 0 Å². The molecule has 2 fully saturated rings. The average Bonchev–Trinajstić information content (AvgIpc) is 3.22. The van der Waals surface area contributed by atoms with Crippen LogP contribution in [-0.4, -0.2) is 74.0 Å². The van der Waals surface area contributed by atoms with E-state index < -0.39 is 34.2 Å². The van der Waals surface area contributed by atoms with E-state index in [1.165, 1.54) is 11.8 Å². The van der Waals surface area contributed by atoms with E-state index in [4.69, 9.17) is 4.74 Å². The lowest BCUT2D eigenvalue weighted by molar-refractivity contribution is -0.154. The van der Waals surface area contributed by atoms with Crippen molar-refractivity contribution >= 4 is 29.5 Å². The minimum atomic E-state index is -0.952. The Morgan fingerprint density at radius 3 is 2.46 bits per heavy atom. The zero-order valence-corrected chi connectivity index (χ0v) is 24.3. The summed E-state index contributed by atoms with van der Waals surface area (Å²) in [6.45, 7) is 11.0. The maximum Gasteiger partial charge on any atom is 0.311 e. The largest absolute Gasteiger partial charge is 0.465 e. The van der Waals surface area contributed by atoms with Crippen molar-refractivity contribution < 1.29 is 24.2 Å². The van der Waals surface area contributed by atoms with Gasteiger partial charge in [-0.1, -0.05) is 75.4 Å². The summed E-state index contributed by atoms with van der Waals surface area (Å²) in [5.74, 6) is -2.27. The van der Waals surface area contributed by atoms with E-state index >= 15 is 0 Å². The van der Waals surface area contributed by atoms with Crippen LogP contribution < -0.4 is 0 Å². The minimum absolute atomic E-state index is 0.0228. The Balaban J connectivity index is 1.67. The lowest BCUT2D eigenvalue weighted by atomic mass is 9.78. The van der Waals surface area contributed by atoms with Crippen LogP contribution in [0.25, 0.3) is 0 Å². The minimum Gasteiger partial charge on any atom is -0.465 e. The Labute approximate surface area is 235 Å². The number of carbonyl (C=O) groups excluding carboxylic acids is 3. The predicted molar refractivity (Wildman–Crippen MR) is 152 cm³/mol. The lowest BCUT2D eigenvalue weighted by Crippen LogP contribution is -2.59. The number of ether oxygens (including phenoxy) is 1. The van der Waals surface area contributed by atoms with Crippen LogP contribution >= 0.6 is 11.8 Å². The first kappa shape index (κ1) is 28.0. The molecule has 39 heavy (non-hydrogen) atoms. The number of carbonyl (C=O) groups is 3. The third-order valence-corrected chi connectivity index (χ3v) is 10.2. The highest BCUT2D eigenvalue weighted by molar-refractivity contribution is 8.02. The van der Waals surface area contributed by atoms with Crippen molar-refractivity contribution in [2.75, 3.05) is 19.8 Å². The van der Waals surface area contributed by atoms with E-state index in [9.17, 15) is 19.5 Å². The zero-order valence-electron chi connectivity index (χ0n) is 23.5. The number of benzene rings is 1. The second-order valence-electron chi connectivity index (χ2n) is 13.0. The number of nitrogens with zero attached hydrogens (tertiary/aromatic N) is 2. The third-order valence-electron chi connectivity index (χ3n) is 8.45. The van der Waals surface area contributed by atoms with Gasteiger partial charge >= 0.3 is 5.97 Å². The van der Waals surface area contributed by atoms with Crippen molar-refractivity contribution in [1.29, 1.82) is 0 Å². The molecule has 1 unspecified atom stereocenters. The Bertz CT molecular complexity index is 1190. The summed E-state index contributed by atoms with van der Waals surface area (Å²) >= 11 is 1.53. The summed E-state index contributed by atoms with van der Waals surface area (Å²) in [5.41, 5.74) is 0.251. The van der Waals surface area contributed by atoms with Crippen LogP contribution in [0.2, 0.25) is 0 Å². The molecule has 4 aliphatic heterocycles. The Hall–Kier alpha value is -2.58. The molecule has 7 nitrogen and oxygen atoms in total. The van der Waals surface area contributed by atoms with Crippen molar-refractivity contribution in [3.63, 3.8) is 0 Å². The first-order valence-electron chi connectivity index (χ1n) is 13.9. The predicted octanol–water partition coefficient (Wildman–Crippen LogP) is 4.13. The molecule has 1 aromatic carbocycles. The monoisotopic (exact) mass is 552 g/mol. The van der Waals surface area contributed by atoms with E-state index in [1.807, 2.05) is 59.5 Å². The van der Waals surface area contributed by atoms with Gasteiger partial charge in [0.1, 0.15) is 6.04 Å². The van der Waals surface area contributed by atoms with E-state index in [0.717, 1.165) is 12.0 Å². The number of aliphatic hydroxyl groups is 1. The van der Waals surface area contributed by atoms with Gasteiger partial charge in [0.05, 0.1) is 35.8 Å². The Kier molecular flexibility index (Phi) is 7.25. The molecule has 5 rings (SSSR count). The number of aliphatic hydroxyl groups excluding tert-OH is 1. The van der Waals surface area contributed by atoms with Gasteiger partial charge in [-0.3, -0.25) is 14.4 Å². The van der Waals surface area contributed by atoms with Crippen LogP contribution in [0.1, 0.15) is 59.1 Å². The fraction of sp³-hybridized carbons (Fsp3) is 0.581. The van der Waals surface area contributed by atoms with E-state index in [-0.39, 0.29) is 41.7 Å². The molecule has 1 N–H and O–H groups in total. The van der Waals surface area contributed by atoms with Crippen molar-refractivity contribution in [2.24, 2.45) is 17.3 Å². The highest BCUT2D eigenvalue weighted by Crippen LogP contribution is 2.62. The van der Waals surface area contributed by atoms with Crippen LogP contribution in [0, 0.1) is 17.3 Å². The van der Waals surface area contributed by atoms with Gasteiger partial charge < -0.3 is 19.6 Å². The van der Waals surface area contributed by atoms with Gasteiger partial charge in [0.2, 0.25) is 11.8 Å². The molecule has 1 aromatic rings. The van der Waals surface area contributed by atoms with E-state index in [2.05, 4.69) is 34.6 Å². The number of esters is 1. The molecule has 0 bridgehead atoms.